The highest BCUT2D eigenvalue weighted by Crippen LogP contribution is 2.29. The molecule has 1 aliphatic heterocycles. The lowest BCUT2D eigenvalue weighted by molar-refractivity contribution is -0.118. The van der Waals surface area contributed by atoms with Gasteiger partial charge in [0, 0.05) is 46.2 Å². The minimum Gasteiger partial charge on any atom is -0.314 e. The first kappa shape index (κ1) is 14.0. The lowest BCUT2D eigenvalue weighted by atomic mass is 10.3. The van der Waals surface area contributed by atoms with Gasteiger partial charge in [-0.15, -0.1) is 11.3 Å². The number of rotatable bonds is 4. The van der Waals surface area contributed by atoms with Gasteiger partial charge < -0.3 is 15.1 Å². The Labute approximate surface area is 120 Å². The van der Waals surface area contributed by atoms with Gasteiger partial charge >= 0.3 is 0 Å². The molecule has 0 atom stereocenters. The van der Waals surface area contributed by atoms with Crippen LogP contribution in [-0.4, -0.2) is 50.6 Å². The highest BCUT2D eigenvalue weighted by atomic mass is 79.9. The van der Waals surface area contributed by atoms with E-state index in [1.165, 1.54) is 0 Å². The minimum absolute atomic E-state index is 0.183. The van der Waals surface area contributed by atoms with E-state index in [0.717, 1.165) is 41.5 Å². The summed E-state index contributed by atoms with van der Waals surface area (Å²) < 4.78 is 1.05. The molecule has 4 nitrogen and oxygen atoms in total. The predicted octanol–water partition coefficient (Wildman–Crippen LogP) is 1.77. The first-order valence-electron chi connectivity index (χ1n) is 6.12. The van der Waals surface area contributed by atoms with Crippen LogP contribution in [0.15, 0.2) is 15.9 Å². The van der Waals surface area contributed by atoms with Crippen LogP contribution < -0.4 is 10.2 Å². The van der Waals surface area contributed by atoms with Gasteiger partial charge in [-0.3, -0.25) is 4.79 Å². The molecule has 0 unspecified atom stereocenters. The second-order valence-corrected chi connectivity index (χ2v) is 6.81. The van der Waals surface area contributed by atoms with E-state index >= 15 is 0 Å². The zero-order chi connectivity index (χ0) is 13.0. The molecule has 1 amide bonds. The number of nitrogens with one attached hydrogen (secondary N) is 1. The molecule has 1 saturated heterocycles. The fourth-order valence-electron chi connectivity index (χ4n) is 1.96. The maximum absolute atomic E-state index is 12.1. The zero-order valence-corrected chi connectivity index (χ0v) is 12.9. The Morgan fingerprint density at radius 2 is 2.22 bits per heavy atom. The number of piperazine rings is 1. The van der Waals surface area contributed by atoms with Gasteiger partial charge in [-0.05, 0) is 28.1 Å². The van der Waals surface area contributed by atoms with Crippen molar-refractivity contribution >= 4 is 38.2 Å². The van der Waals surface area contributed by atoms with Gasteiger partial charge in [0.05, 0.1) is 8.79 Å². The molecule has 1 aromatic rings. The van der Waals surface area contributed by atoms with Crippen LogP contribution in [0.25, 0.3) is 0 Å². The van der Waals surface area contributed by atoms with Gasteiger partial charge in [0.15, 0.2) is 0 Å². The van der Waals surface area contributed by atoms with E-state index in [2.05, 4.69) is 26.1 Å². The van der Waals surface area contributed by atoms with Gasteiger partial charge in [0.2, 0.25) is 5.91 Å². The van der Waals surface area contributed by atoms with Crippen LogP contribution in [0.1, 0.15) is 6.42 Å². The molecule has 0 bridgehead atoms. The molecule has 1 aromatic heterocycles. The summed E-state index contributed by atoms with van der Waals surface area (Å²) in [6.45, 7) is 5.00. The summed E-state index contributed by atoms with van der Waals surface area (Å²) in [4.78, 5) is 16.2. The Hall–Kier alpha value is -0.430. The smallest absolute Gasteiger partial charge is 0.228 e. The predicted molar refractivity (Wildman–Crippen MR) is 79.4 cm³/mol. The number of nitrogens with zero attached hydrogens (tertiary/aromatic N) is 2. The Morgan fingerprint density at radius 3 is 2.83 bits per heavy atom. The largest absolute Gasteiger partial charge is 0.314 e. The standard InChI is InChI=1S/C12H18BrN3OS/c1-15(12-3-2-10(13)18-12)11(17)4-7-16-8-5-14-6-9-16/h2-3,14H,4-9H2,1H3. The number of carbonyl (C=O) groups is 1. The molecule has 0 saturated carbocycles. The maximum atomic E-state index is 12.1. The second-order valence-electron chi connectivity index (χ2n) is 4.37. The van der Waals surface area contributed by atoms with E-state index in [9.17, 15) is 4.79 Å². The molecule has 100 valence electrons. The number of anilines is 1. The van der Waals surface area contributed by atoms with Crippen LogP contribution in [-0.2, 0) is 4.79 Å². The van der Waals surface area contributed by atoms with E-state index in [4.69, 9.17) is 0 Å². The summed E-state index contributed by atoms with van der Waals surface area (Å²) in [5, 5.41) is 4.31. The van der Waals surface area contributed by atoms with Gasteiger partial charge in [0.1, 0.15) is 0 Å². The van der Waals surface area contributed by atoms with Crippen LogP contribution >= 0.6 is 27.3 Å². The molecule has 6 heteroatoms. The lowest BCUT2D eigenvalue weighted by Crippen LogP contribution is -2.44. The Morgan fingerprint density at radius 1 is 1.50 bits per heavy atom. The van der Waals surface area contributed by atoms with Crippen LogP contribution in [0.3, 0.4) is 0 Å². The summed E-state index contributed by atoms with van der Waals surface area (Å²) in [6, 6.07) is 3.94. The number of carbonyl (C=O) groups excluding carboxylic acids is 1. The molecule has 2 rings (SSSR count). The van der Waals surface area contributed by atoms with Gasteiger partial charge in [-0.1, -0.05) is 0 Å². The Balaban J connectivity index is 1.80. The Kier molecular flexibility index (Phi) is 5.17. The monoisotopic (exact) mass is 331 g/mol. The van der Waals surface area contributed by atoms with Gasteiger partial charge in [-0.25, -0.2) is 0 Å². The van der Waals surface area contributed by atoms with Crippen LogP contribution in [0, 0.1) is 0 Å². The van der Waals surface area contributed by atoms with E-state index in [0.29, 0.717) is 6.42 Å². The number of hydrogen-bond donors (Lipinski definition) is 1. The zero-order valence-electron chi connectivity index (χ0n) is 10.5. The SMILES string of the molecule is CN(C(=O)CCN1CCNCC1)c1ccc(Br)s1. The van der Waals surface area contributed by atoms with Crippen LogP contribution in [0.2, 0.25) is 0 Å². The first-order valence-corrected chi connectivity index (χ1v) is 7.73. The van der Waals surface area contributed by atoms with E-state index in [1.54, 1.807) is 16.2 Å². The summed E-state index contributed by atoms with van der Waals surface area (Å²) in [5.41, 5.74) is 0. The van der Waals surface area contributed by atoms with E-state index in [-0.39, 0.29) is 5.91 Å². The molecule has 0 aliphatic carbocycles. The minimum atomic E-state index is 0.183. The summed E-state index contributed by atoms with van der Waals surface area (Å²) in [6.07, 6.45) is 0.589. The molecule has 1 fully saturated rings. The molecule has 1 aliphatic rings. The van der Waals surface area contributed by atoms with Crippen molar-refractivity contribution in [1.82, 2.24) is 10.2 Å². The third-order valence-electron chi connectivity index (χ3n) is 3.12. The van der Waals surface area contributed by atoms with Crippen molar-refractivity contribution in [2.24, 2.45) is 0 Å². The number of halogens is 1. The highest BCUT2D eigenvalue weighted by Gasteiger charge is 2.15. The number of amides is 1. The van der Waals surface area contributed by atoms with Crippen molar-refractivity contribution in [3.63, 3.8) is 0 Å². The molecule has 18 heavy (non-hydrogen) atoms. The van der Waals surface area contributed by atoms with Crippen molar-refractivity contribution in [1.29, 1.82) is 0 Å². The average molecular weight is 332 g/mol. The molecule has 0 spiro atoms. The number of hydrogen-bond acceptors (Lipinski definition) is 4. The van der Waals surface area contributed by atoms with Gasteiger partial charge in [0.25, 0.3) is 0 Å². The molecular weight excluding hydrogens is 314 g/mol. The molecule has 0 radical (unpaired) electrons. The van der Waals surface area contributed by atoms with E-state index in [1.807, 2.05) is 19.2 Å². The average Bonchev–Trinajstić information content (AvgIpc) is 2.83. The fraction of sp³-hybridized carbons (Fsp3) is 0.583. The van der Waals surface area contributed by atoms with Crippen LogP contribution in [0.4, 0.5) is 5.00 Å². The number of thiophene rings is 1. The Bertz CT molecular complexity index is 404. The maximum Gasteiger partial charge on any atom is 0.228 e. The molecule has 0 aromatic carbocycles. The molecular formula is C12H18BrN3OS. The van der Waals surface area contributed by atoms with Crippen molar-refractivity contribution in [2.75, 3.05) is 44.7 Å². The topological polar surface area (TPSA) is 35.6 Å². The van der Waals surface area contributed by atoms with E-state index < -0.39 is 0 Å². The van der Waals surface area contributed by atoms with Crippen molar-refractivity contribution in [3.8, 4) is 0 Å². The summed E-state index contributed by atoms with van der Waals surface area (Å²) in [7, 11) is 1.85. The first-order chi connectivity index (χ1) is 8.66. The highest BCUT2D eigenvalue weighted by molar-refractivity contribution is 9.11. The summed E-state index contributed by atoms with van der Waals surface area (Å²) in [5.74, 6) is 0.183. The second kappa shape index (κ2) is 6.65. The van der Waals surface area contributed by atoms with Crippen LogP contribution in [0.5, 0.6) is 0 Å². The lowest BCUT2D eigenvalue weighted by Gasteiger charge is -2.27. The summed E-state index contributed by atoms with van der Waals surface area (Å²) >= 11 is 5.00. The third-order valence-corrected chi connectivity index (χ3v) is 4.82. The van der Waals surface area contributed by atoms with Gasteiger partial charge in [-0.2, -0.15) is 0 Å². The van der Waals surface area contributed by atoms with Crippen molar-refractivity contribution in [2.45, 2.75) is 6.42 Å². The molecule has 1 N–H and O–H groups in total. The molecule has 2 heterocycles. The van der Waals surface area contributed by atoms with Crippen molar-refractivity contribution in [3.05, 3.63) is 15.9 Å². The van der Waals surface area contributed by atoms with Crippen molar-refractivity contribution < 1.29 is 4.79 Å². The third kappa shape index (κ3) is 3.78. The normalized spacial score (nSPS) is 16.8. The quantitative estimate of drug-likeness (QED) is 0.913. The fourth-order valence-corrected chi connectivity index (χ4v) is 3.30.